The summed E-state index contributed by atoms with van der Waals surface area (Å²) < 4.78 is 11.1. The van der Waals surface area contributed by atoms with Crippen molar-refractivity contribution in [2.45, 2.75) is 39.3 Å². The number of aryl methyl sites for hydroxylation is 2. The van der Waals surface area contributed by atoms with Gasteiger partial charge in [-0.25, -0.2) is 4.98 Å². The van der Waals surface area contributed by atoms with E-state index in [2.05, 4.69) is 9.88 Å². The molecule has 1 N–H and O–H groups in total. The van der Waals surface area contributed by atoms with Gasteiger partial charge in [0.15, 0.2) is 0 Å². The van der Waals surface area contributed by atoms with Crippen molar-refractivity contribution in [3.05, 3.63) is 17.3 Å². The van der Waals surface area contributed by atoms with Gasteiger partial charge in [0.2, 0.25) is 5.89 Å². The Balaban J connectivity index is 1.76. The lowest BCUT2D eigenvalue weighted by molar-refractivity contribution is -0.0102. The van der Waals surface area contributed by atoms with Gasteiger partial charge in [0.1, 0.15) is 5.76 Å². The molecule has 2 heterocycles. The second-order valence-corrected chi connectivity index (χ2v) is 4.82. The summed E-state index contributed by atoms with van der Waals surface area (Å²) in [5, 5.41) is 8.72. The lowest BCUT2D eigenvalue weighted by atomic mass is 10.1. The Hall–Kier alpha value is -0.910. The molecular weight excluding hydrogens is 232 g/mol. The fourth-order valence-electron chi connectivity index (χ4n) is 2.25. The standard InChI is InChI=1S/C13H22N2O3/c1-10-11(2)18-13(14-10)9-15-5-3-12(4-6-15)17-8-7-16/h12,16H,3-9H2,1-2H3. The number of hydrogen-bond acceptors (Lipinski definition) is 5. The maximum Gasteiger partial charge on any atom is 0.208 e. The first-order chi connectivity index (χ1) is 8.69. The summed E-state index contributed by atoms with van der Waals surface area (Å²) in [6.07, 6.45) is 2.32. The minimum Gasteiger partial charge on any atom is -0.444 e. The van der Waals surface area contributed by atoms with Crippen LogP contribution in [0.5, 0.6) is 0 Å². The van der Waals surface area contributed by atoms with E-state index in [4.69, 9.17) is 14.3 Å². The van der Waals surface area contributed by atoms with E-state index in [-0.39, 0.29) is 6.61 Å². The van der Waals surface area contributed by atoms with Crippen LogP contribution in [-0.4, -0.2) is 47.4 Å². The number of hydrogen-bond donors (Lipinski definition) is 1. The highest BCUT2D eigenvalue weighted by Gasteiger charge is 2.21. The highest BCUT2D eigenvalue weighted by molar-refractivity contribution is 5.05. The molecule has 0 atom stereocenters. The molecule has 1 saturated heterocycles. The summed E-state index contributed by atoms with van der Waals surface area (Å²) in [5.74, 6) is 1.71. The molecule has 0 saturated carbocycles. The number of rotatable bonds is 5. The van der Waals surface area contributed by atoms with E-state index in [0.29, 0.717) is 12.7 Å². The molecule has 0 bridgehead atoms. The topological polar surface area (TPSA) is 58.7 Å². The first-order valence-corrected chi connectivity index (χ1v) is 6.56. The Kier molecular flexibility index (Phi) is 4.74. The van der Waals surface area contributed by atoms with E-state index < -0.39 is 0 Å². The van der Waals surface area contributed by atoms with Crippen LogP contribution in [0.15, 0.2) is 4.42 Å². The number of oxazole rings is 1. The van der Waals surface area contributed by atoms with Crippen LogP contribution in [0.25, 0.3) is 0 Å². The van der Waals surface area contributed by atoms with Crippen molar-refractivity contribution in [1.29, 1.82) is 0 Å². The van der Waals surface area contributed by atoms with E-state index in [1.807, 2.05) is 13.8 Å². The van der Waals surface area contributed by atoms with E-state index in [0.717, 1.165) is 49.8 Å². The van der Waals surface area contributed by atoms with Gasteiger partial charge in [-0.15, -0.1) is 0 Å². The number of piperidine rings is 1. The van der Waals surface area contributed by atoms with Gasteiger partial charge >= 0.3 is 0 Å². The van der Waals surface area contributed by atoms with Crippen molar-refractivity contribution >= 4 is 0 Å². The molecule has 1 fully saturated rings. The minimum atomic E-state index is 0.106. The molecule has 0 spiro atoms. The van der Waals surface area contributed by atoms with Gasteiger partial charge in [0.25, 0.3) is 0 Å². The molecule has 1 aromatic heterocycles. The Bertz CT molecular complexity index is 351. The van der Waals surface area contributed by atoms with Gasteiger partial charge in [-0.05, 0) is 26.7 Å². The van der Waals surface area contributed by atoms with Gasteiger partial charge in [0.05, 0.1) is 31.6 Å². The fourth-order valence-corrected chi connectivity index (χ4v) is 2.25. The molecule has 5 nitrogen and oxygen atoms in total. The van der Waals surface area contributed by atoms with Gasteiger partial charge < -0.3 is 14.3 Å². The largest absolute Gasteiger partial charge is 0.444 e. The third kappa shape index (κ3) is 3.54. The Labute approximate surface area is 108 Å². The van der Waals surface area contributed by atoms with Crippen molar-refractivity contribution in [2.75, 3.05) is 26.3 Å². The molecule has 0 aliphatic carbocycles. The van der Waals surface area contributed by atoms with Crippen LogP contribution in [0.3, 0.4) is 0 Å². The molecule has 102 valence electrons. The van der Waals surface area contributed by atoms with Crippen molar-refractivity contribution in [1.82, 2.24) is 9.88 Å². The summed E-state index contributed by atoms with van der Waals surface area (Å²) in [6, 6.07) is 0. The predicted octanol–water partition coefficient (Wildman–Crippen LogP) is 1.26. The van der Waals surface area contributed by atoms with Crippen molar-refractivity contribution in [3.63, 3.8) is 0 Å². The summed E-state index contributed by atoms with van der Waals surface area (Å²) in [4.78, 5) is 6.74. The van der Waals surface area contributed by atoms with Crippen LogP contribution in [0.2, 0.25) is 0 Å². The first-order valence-electron chi connectivity index (χ1n) is 6.56. The second-order valence-electron chi connectivity index (χ2n) is 4.82. The molecule has 0 amide bonds. The average molecular weight is 254 g/mol. The predicted molar refractivity (Wildman–Crippen MR) is 67.3 cm³/mol. The maximum atomic E-state index is 8.72. The molecule has 1 aliphatic rings. The molecule has 0 unspecified atom stereocenters. The zero-order valence-electron chi connectivity index (χ0n) is 11.2. The van der Waals surface area contributed by atoms with Gasteiger partial charge in [0, 0.05) is 13.1 Å². The van der Waals surface area contributed by atoms with Gasteiger partial charge in [-0.3, -0.25) is 4.90 Å². The smallest absolute Gasteiger partial charge is 0.208 e. The van der Waals surface area contributed by atoms with E-state index >= 15 is 0 Å². The third-order valence-electron chi connectivity index (χ3n) is 3.41. The molecule has 0 aromatic carbocycles. The monoisotopic (exact) mass is 254 g/mol. The van der Waals surface area contributed by atoms with Gasteiger partial charge in [-0.1, -0.05) is 0 Å². The van der Waals surface area contributed by atoms with Crippen molar-refractivity contribution in [3.8, 4) is 0 Å². The van der Waals surface area contributed by atoms with Crippen molar-refractivity contribution < 1.29 is 14.3 Å². The highest BCUT2D eigenvalue weighted by Crippen LogP contribution is 2.17. The number of aliphatic hydroxyl groups is 1. The molecule has 1 aromatic rings. The molecule has 5 heteroatoms. The molecule has 0 radical (unpaired) electrons. The molecule has 18 heavy (non-hydrogen) atoms. The van der Waals surface area contributed by atoms with Gasteiger partial charge in [-0.2, -0.15) is 0 Å². The average Bonchev–Trinajstić information content (AvgIpc) is 2.67. The van der Waals surface area contributed by atoms with Crippen LogP contribution < -0.4 is 0 Å². The Morgan fingerprint density at radius 1 is 1.39 bits per heavy atom. The van der Waals surface area contributed by atoms with Crippen LogP contribution in [0.1, 0.15) is 30.2 Å². The minimum absolute atomic E-state index is 0.106. The lowest BCUT2D eigenvalue weighted by Gasteiger charge is -2.30. The maximum absolute atomic E-state index is 8.72. The van der Waals surface area contributed by atoms with Crippen LogP contribution in [0, 0.1) is 13.8 Å². The van der Waals surface area contributed by atoms with Crippen LogP contribution in [-0.2, 0) is 11.3 Å². The quantitative estimate of drug-likeness (QED) is 0.857. The zero-order valence-corrected chi connectivity index (χ0v) is 11.2. The normalized spacial score (nSPS) is 18.4. The molecular formula is C13H22N2O3. The summed E-state index contributed by atoms with van der Waals surface area (Å²) >= 11 is 0. The Morgan fingerprint density at radius 3 is 2.67 bits per heavy atom. The zero-order chi connectivity index (χ0) is 13.0. The molecule has 2 rings (SSSR count). The summed E-state index contributed by atoms with van der Waals surface area (Å²) in [7, 11) is 0. The van der Waals surface area contributed by atoms with Crippen LogP contribution >= 0.6 is 0 Å². The number of aromatic nitrogens is 1. The van der Waals surface area contributed by atoms with Crippen molar-refractivity contribution in [2.24, 2.45) is 0 Å². The molecule has 1 aliphatic heterocycles. The summed E-state index contributed by atoms with van der Waals surface area (Å²) in [5.41, 5.74) is 0.978. The fraction of sp³-hybridized carbons (Fsp3) is 0.769. The second kappa shape index (κ2) is 6.31. The number of nitrogens with zero attached hydrogens (tertiary/aromatic N) is 2. The number of aliphatic hydroxyl groups excluding tert-OH is 1. The number of likely N-dealkylation sites (tertiary alicyclic amines) is 1. The summed E-state index contributed by atoms with van der Waals surface area (Å²) in [6.45, 7) is 7.24. The lowest BCUT2D eigenvalue weighted by Crippen LogP contribution is -2.37. The first kappa shape index (κ1) is 13.5. The highest BCUT2D eigenvalue weighted by atomic mass is 16.5. The Morgan fingerprint density at radius 2 is 2.11 bits per heavy atom. The van der Waals surface area contributed by atoms with E-state index in [9.17, 15) is 0 Å². The van der Waals surface area contributed by atoms with E-state index in [1.54, 1.807) is 0 Å². The third-order valence-corrected chi connectivity index (χ3v) is 3.41. The number of ether oxygens (including phenoxy) is 1. The van der Waals surface area contributed by atoms with Crippen LogP contribution in [0.4, 0.5) is 0 Å². The van der Waals surface area contributed by atoms with E-state index in [1.165, 1.54) is 0 Å². The SMILES string of the molecule is Cc1nc(CN2CCC(OCCO)CC2)oc1C.